The summed E-state index contributed by atoms with van der Waals surface area (Å²) < 4.78 is 1.84. The van der Waals surface area contributed by atoms with Crippen LogP contribution in [-0.4, -0.2) is 20.5 Å². The minimum Gasteiger partial charge on any atom is -0.325 e. The van der Waals surface area contributed by atoms with Gasteiger partial charge in [-0.3, -0.25) is 9.20 Å². The number of carbonyl (C=O) groups excluding carboxylic acids is 1. The molecular weight excluding hydrogens is 276 g/mol. The number of fused-ring (bicyclic) bond motifs is 1. The van der Waals surface area contributed by atoms with Gasteiger partial charge in [0.2, 0.25) is 5.91 Å². The van der Waals surface area contributed by atoms with Crippen LogP contribution in [0.1, 0.15) is 32.1 Å². The summed E-state index contributed by atoms with van der Waals surface area (Å²) in [5.41, 5.74) is 1.64. The summed E-state index contributed by atoms with van der Waals surface area (Å²) in [6, 6.07) is 3.80. The predicted molar refractivity (Wildman–Crippen MR) is 82.2 cm³/mol. The molecule has 0 radical (unpaired) electrons. The highest BCUT2D eigenvalue weighted by molar-refractivity contribution is 5.93. The summed E-state index contributed by atoms with van der Waals surface area (Å²) in [6.07, 6.45) is 10.1. The number of rotatable bonds is 2. The van der Waals surface area contributed by atoms with Crippen LogP contribution >= 0.6 is 0 Å². The number of hydrogen-bond acceptors (Lipinski definition) is 3. The normalized spacial score (nSPS) is 35.9. The molecular formula is C17H20N4O. The van der Waals surface area contributed by atoms with Crippen molar-refractivity contribution in [2.45, 2.75) is 32.1 Å². The number of pyridine rings is 1. The van der Waals surface area contributed by atoms with E-state index >= 15 is 0 Å². The number of nitrogens with one attached hydrogen (secondary N) is 1. The third-order valence-electron chi connectivity index (χ3n) is 6.09. The van der Waals surface area contributed by atoms with Crippen molar-refractivity contribution in [3.05, 3.63) is 24.7 Å². The summed E-state index contributed by atoms with van der Waals surface area (Å²) in [5, 5.41) is 11.0. The molecule has 4 aliphatic carbocycles. The number of anilines is 1. The molecule has 6 rings (SSSR count). The SMILES string of the molecule is O=C(Nc1ccc2nncn2c1)C1C2CC3CC(C2)CC1C3. The maximum absolute atomic E-state index is 12.8. The van der Waals surface area contributed by atoms with Crippen LogP contribution in [0.2, 0.25) is 0 Å². The van der Waals surface area contributed by atoms with Gasteiger partial charge in [0, 0.05) is 12.1 Å². The molecule has 1 amide bonds. The zero-order valence-corrected chi connectivity index (χ0v) is 12.5. The molecule has 0 unspecified atom stereocenters. The summed E-state index contributed by atoms with van der Waals surface area (Å²) in [5.74, 6) is 3.50. The van der Waals surface area contributed by atoms with Crippen LogP contribution in [0.4, 0.5) is 5.69 Å². The highest BCUT2D eigenvalue weighted by Crippen LogP contribution is 2.56. The van der Waals surface area contributed by atoms with E-state index in [9.17, 15) is 4.79 Å². The van der Waals surface area contributed by atoms with Gasteiger partial charge >= 0.3 is 0 Å². The molecule has 0 aromatic carbocycles. The Kier molecular flexibility index (Phi) is 2.60. The minimum absolute atomic E-state index is 0.223. The zero-order valence-electron chi connectivity index (χ0n) is 12.5. The van der Waals surface area contributed by atoms with Gasteiger partial charge < -0.3 is 5.32 Å². The van der Waals surface area contributed by atoms with Crippen molar-refractivity contribution in [2.75, 3.05) is 5.32 Å². The van der Waals surface area contributed by atoms with Gasteiger partial charge in [0.15, 0.2) is 5.65 Å². The van der Waals surface area contributed by atoms with Gasteiger partial charge in [-0.2, -0.15) is 0 Å². The number of hydrogen-bond donors (Lipinski definition) is 1. The Morgan fingerprint density at radius 2 is 1.82 bits per heavy atom. The molecule has 114 valence electrons. The van der Waals surface area contributed by atoms with Crippen LogP contribution < -0.4 is 5.32 Å². The molecule has 0 aliphatic heterocycles. The van der Waals surface area contributed by atoms with E-state index in [0.717, 1.165) is 23.2 Å². The average Bonchev–Trinajstić information content (AvgIpc) is 2.93. The Balaban J connectivity index is 1.38. The van der Waals surface area contributed by atoms with E-state index in [1.54, 1.807) is 6.33 Å². The molecule has 5 heteroatoms. The highest BCUT2D eigenvalue weighted by Gasteiger charge is 2.50. The Hall–Kier alpha value is -1.91. The second-order valence-electron chi connectivity index (χ2n) is 7.46. The predicted octanol–water partition coefficient (Wildman–Crippen LogP) is 2.74. The number of carbonyl (C=O) groups is 1. The first kappa shape index (κ1) is 12.6. The van der Waals surface area contributed by atoms with E-state index < -0.39 is 0 Å². The molecule has 2 aromatic heterocycles. The Morgan fingerprint density at radius 1 is 1.09 bits per heavy atom. The van der Waals surface area contributed by atoms with E-state index in [2.05, 4.69) is 15.5 Å². The van der Waals surface area contributed by atoms with Crippen molar-refractivity contribution < 1.29 is 4.79 Å². The quantitative estimate of drug-likeness (QED) is 0.927. The smallest absolute Gasteiger partial charge is 0.228 e. The van der Waals surface area contributed by atoms with Crippen LogP contribution in [-0.2, 0) is 4.79 Å². The molecule has 22 heavy (non-hydrogen) atoms. The topological polar surface area (TPSA) is 59.3 Å². The van der Waals surface area contributed by atoms with Gasteiger partial charge in [0.05, 0.1) is 5.69 Å². The lowest BCUT2D eigenvalue weighted by atomic mass is 9.51. The Labute approximate surface area is 129 Å². The molecule has 4 aliphatic rings. The summed E-state index contributed by atoms with van der Waals surface area (Å²) in [6.45, 7) is 0. The second kappa shape index (κ2) is 4.54. The Bertz CT molecular complexity index is 709. The minimum atomic E-state index is 0.223. The van der Waals surface area contributed by atoms with E-state index in [0.29, 0.717) is 11.8 Å². The van der Waals surface area contributed by atoms with E-state index in [1.165, 1.54) is 32.1 Å². The van der Waals surface area contributed by atoms with Crippen molar-refractivity contribution in [1.29, 1.82) is 0 Å². The zero-order chi connectivity index (χ0) is 14.7. The van der Waals surface area contributed by atoms with Gasteiger partial charge in [0.25, 0.3) is 0 Å². The molecule has 2 aromatic rings. The van der Waals surface area contributed by atoms with Gasteiger partial charge in [-0.05, 0) is 67.9 Å². The van der Waals surface area contributed by atoms with Crippen LogP contribution in [0.15, 0.2) is 24.7 Å². The van der Waals surface area contributed by atoms with Gasteiger partial charge in [0.1, 0.15) is 6.33 Å². The second-order valence-corrected chi connectivity index (χ2v) is 7.46. The summed E-state index contributed by atoms with van der Waals surface area (Å²) >= 11 is 0. The first-order valence-electron chi connectivity index (χ1n) is 8.36. The molecule has 0 atom stereocenters. The molecule has 5 nitrogen and oxygen atoms in total. The highest BCUT2D eigenvalue weighted by atomic mass is 16.1. The maximum Gasteiger partial charge on any atom is 0.228 e. The summed E-state index contributed by atoms with van der Waals surface area (Å²) in [7, 11) is 0. The Morgan fingerprint density at radius 3 is 2.55 bits per heavy atom. The van der Waals surface area contributed by atoms with Crippen molar-refractivity contribution >= 4 is 17.2 Å². The van der Waals surface area contributed by atoms with Gasteiger partial charge in [-0.15, -0.1) is 10.2 Å². The molecule has 0 saturated heterocycles. The fourth-order valence-corrected chi connectivity index (χ4v) is 5.48. The third kappa shape index (κ3) is 1.87. The number of nitrogens with zero attached hydrogens (tertiary/aromatic N) is 3. The average molecular weight is 296 g/mol. The molecule has 2 heterocycles. The lowest BCUT2D eigenvalue weighted by molar-refractivity contribution is -0.132. The monoisotopic (exact) mass is 296 g/mol. The van der Waals surface area contributed by atoms with Gasteiger partial charge in [-0.1, -0.05) is 0 Å². The van der Waals surface area contributed by atoms with E-state index in [1.807, 2.05) is 22.7 Å². The number of amides is 1. The van der Waals surface area contributed by atoms with Gasteiger partial charge in [-0.25, -0.2) is 0 Å². The first-order valence-corrected chi connectivity index (χ1v) is 8.36. The number of aromatic nitrogens is 3. The molecule has 0 spiro atoms. The molecule has 4 saturated carbocycles. The largest absolute Gasteiger partial charge is 0.325 e. The lowest BCUT2D eigenvalue weighted by Gasteiger charge is -2.53. The van der Waals surface area contributed by atoms with Crippen molar-refractivity contribution in [3.8, 4) is 0 Å². The van der Waals surface area contributed by atoms with E-state index in [-0.39, 0.29) is 11.8 Å². The standard InChI is InChI=1S/C17H20N4O/c22-17(19-14-1-2-15-20-18-9-21(15)8-14)16-12-4-10-3-11(6-12)7-13(16)5-10/h1-2,8-13,16H,3-7H2,(H,19,22). The molecule has 4 bridgehead atoms. The maximum atomic E-state index is 12.8. The molecule has 4 fully saturated rings. The summed E-state index contributed by atoms with van der Waals surface area (Å²) in [4.78, 5) is 12.8. The van der Waals surface area contributed by atoms with Crippen LogP contribution in [0.5, 0.6) is 0 Å². The molecule has 1 N–H and O–H groups in total. The fourth-order valence-electron chi connectivity index (χ4n) is 5.48. The fraction of sp³-hybridized carbons (Fsp3) is 0.588. The van der Waals surface area contributed by atoms with Crippen LogP contribution in [0.25, 0.3) is 5.65 Å². The van der Waals surface area contributed by atoms with Crippen LogP contribution in [0, 0.1) is 29.6 Å². The lowest BCUT2D eigenvalue weighted by Crippen LogP contribution is -2.49. The van der Waals surface area contributed by atoms with Crippen LogP contribution in [0.3, 0.4) is 0 Å². The van der Waals surface area contributed by atoms with Crippen molar-refractivity contribution in [1.82, 2.24) is 14.6 Å². The van der Waals surface area contributed by atoms with Crippen molar-refractivity contribution in [3.63, 3.8) is 0 Å². The van der Waals surface area contributed by atoms with Crippen molar-refractivity contribution in [2.24, 2.45) is 29.6 Å². The third-order valence-corrected chi connectivity index (χ3v) is 6.09. The van der Waals surface area contributed by atoms with E-state index in [4.69, 9.17) is 0 Å². The first-order chi connectivity index (χ1) is 10.8.